The van der Waals surface area contributed by atoms with Crippen molar-refractivity contribution in [2.75, 3.05) is 6.61 Å². The van der Waals surface area contributed by atoms with Crippen LogP contribution < -0.4 is 10.1 Å². The van der Waals surface area contributed by atoms with Crippen LogP contribution >= 0.6 is 0 Å². The molecule has 4 unspecified atom stereocenters. The quantitative estimate of drug-likeness (QED) is 0.264. The van der Waals surface area contributed by atoms with Gasteiger partial charge in [0.1, 0.15) is 11.5 Å². The Morgan fingerprint density at radius 3 is 2.59 bits per heavy atom. The second kappa shape index (κ2) is 12.2. The minimum absolute atomic E-state index is 0.0820. The van der Waals surface area contributed by atoms with E-state index in [2.05, 4.69) is 71.1 Å². The van der Waals surface area contributed by atoms with Gasteiger partial charge in [0.15, 0.2) is 0 Å². The van der Waals surface area contributed by atoms with Crippen molar-refractivity contribution in [2.45, 2.75) is 143 Å². The molecule has 0 bridgehead atoms. The number of allylic oxidation sites excluding steroid dienone is 2. The van der Waals surface area contributed by atoms with Crippen molar-refractivity contribution in [3.63, 3.8) is 0 Å². The van der Waals surface area contributed by atoms with Gasteiger partial charge in [-0.15, -0.1) is 0 Å². The first-order valence-electron chi connectivity index (χ1n) is 17.0. The minimum Gasteiger partial charge on any atom is -0.494 e. The Balaban J connectivity index is 1.32. The van der Waals surface area contributed by atoms with Crippen LogP contribution in [0.15, 0.2) is 35.4 Å². The maximum atomic E-state index is 12.4. The van der Waals surface area contributed by atoms with Gasteiger partial charge in [-0.05, 0) is 112 Å². The first kappa shape index (κ1) is 30.8. The monoisotopic (exact) mass is 563 g/mol. The van der Waals surface area contributed by atoms with Crippen molar-refractivity contribution in [1.82, 2.24) is 5.32 Å². The highest BCUT2D eigenvalue weighted by molar-refractivity contribution is 5.83. The maximum Gasteiger partial charge on any atom is 0.137 e. The topological polar surface area (TPSA) is 58.6 Å². The first-order valence-corrected chi connectivity index (χ1v) is 17.0. The van der Waals surface area contributed by atoms with Crippen LogP contribution in [0.3, 0.4) is 0 Å². The van der Waals surface area contributed by atoms with Crippen molar-refractivity contribution in [3.05, 3.63) is 41.0 Å². The summed E-state index contributed by atoms with van der Waals surface area (Å²) >= 11 is 0. The molecule has 0 saturated heterocycles. The molecule has 228 valence electrons. The second-order valence-corrected chi connectivity index (χ2v) is 14.9. The fourth-order valence-corrected chi connectivity index (χ4v) is 9.88. The van der Waals surface area contributed by atoms with Gasteiger partial charge in [0.25, 0.3) is 0 Å². The van der Waals surface area contributed by atoms with Gasteiger partial charge in [0, 0.05) is 30.3 Å². The molecule has 0 radical (unpaired) electrons. The van der Waals surface area contributed by atoms with Crippen LogP contribution in [0.4, 0.5) is 0 Å². The van der Waals surface area contributed by atoms with Crippen LogP contribution in [-0.4, -0.2) is 29.1 Å². The maximum absolute atomic E-state index is 12.4. The molecule has 4 nitrogen and oxygen atoms in total. The van der Waals surface area contributed by atoms with Gasteiger partial charge < -0.3 is 15.2 Å². The summed E-state index contributed by atoms with van der Waals surface area (Å²) in [6.45, 7) is 14.3. The van der Waals surface area contributed by atoms with E-state index >= 15 is 0 Å². The van der Waals surface area contributed by atoms with E-state index < -0.39 is 5.60 Å². The van der Waals surface area contributed by atoms with Crippen molar-refractivity contribution >= 4 is 5.78 Å². The number of benzene rings is 1. The van der Waals surface area contributed by atoms with E-state index in [9.17, 15) is 9.90 Å². The minimum atomic E-state index is -0.652. The van der Waals surface area contributed by atoms with Crippen LogP contribution in [0.5, 0.6) is 5.75 Å². The van der Waals surface area contributed by atoms with Crippen LogP contribution in [0.1, 0.15) is 137 Å². The lowest BCUT2D eigenvalue weighted by Gasteiger charge is -2.57. The van der Waals surface area contributed by atoms with E-state index in [4.69, 9.17) is 4.74 Å². The Labute approximate surface area is 250 Å². The van der Waals surface area contributed by atoms with Gasteiger partial charge in [0.2, 0.25) is 0 Å². The summed E-state index contributed by atoms with van der Waals surface area (Å²) in [7, 11) is 0. The molecule has 2 fully saturated rings. The summed E-state index contributed by atoms with van der Waals surface area (Å²) in [5, 5.41) is 15.8. The number of Topliss-reactive ketones (excluding diaryl/α,β-unsaturated/α-hetero) is 1. The van der Waals surface area contributed by atoms with E-state index in [1.54, 1.807) is 5.57 Å². The summed E-state index contributed by atoms with van der Waals surface area (Å²) in [4.78, 5) is 12.4. The molecule has 5 rings (SSSR count). The lowest BCUT2D eigenvalue weighted by molar-refractivity contribution is -0.124. The van der Waals surface area contributed by atoms with Gasteiger partial charge >= 0.3 is 0 Å². The SMILES string of the molecule is CCCC(NC(CC)CC)c1cccc(OCC[C@]23CCC4C5=C(CC(=O)CC5)C(C)(C)CC4C2CC[C@]3(C)O)c1. The number of ketones is 1. The van der Waals surface area contributed by atoms with Crippen molar-refractivity contribution < 1.29 is 14.6 Å². The molecule has 1 aromatic rings. The number of carbonyl (C=O) groups is 1. The third kappa shape index (κ3) is 5.81. The summed E-state index contributed by atoms with van der Waals surface area (Å²) in [6, 6.07) is 9.63. The van der Waals surface area contributed by atoms with E-state index in [1.807, 2.05) is 0 Å². The molecule has 0 aromatic heterocycles. The number of fused-ring (bicyclic) bond motifs is 4. The molecule has 0 spiro atoms. The van der Waals surface area contributed by atoms with E-state index in [1.165, 1.54) is 11.1 Å². The molecule has 4 heteroatoms. The summed E-state index contributed by atoms with van der Waals surface area (Å²) in [5.41, 5.74) is 3.75. The fourth-order valence-electron chi connectivity index (χ4n) is 9.88. The lowest BCUT2D eigenvalue weighted by Crippen LogP contribution is -2.54. The van der Waals surface area contributed by atoms with E-state index in [0.717, 1.165) is 82.8 Å². The molecular formula is C37H57NO3. The Morgan fingerprint density at radius 1 is 1.07 bits per heavy atom. The molecule has 2 saturated carbocycles. The van der Waals surface area contributed by atoms with Crippen molar-refractivity contribution in [1.29, 1.82) is 0 Å². The number of hydrogen-bond acceptors (Lipinski definition) is 4. The molecule has 4 aliphatic carbocycles. The Kier molecular flexibility index (Phi) is 9.13. The molecule has 0 aliphatic heterocycles. The first-order chi connectivity index (χ1) is 19.5. The molecular weight excluding hydrogens is 506 g/mol. The van der Waals surface area contributed by atoms with Gasteiger partial charge in [-0.3, -0.25) is 4.79 Å². The number of carbonyl (C=O) groups excluding carboxylic acids is 1. The number of nitrogens with one attached hydrogen (secondary N) is 1. The molecule has 41 heavy (non-hydrogen) atoms. The number of aliphatic hydroxyl groups is 1. The molecule has 0 amide bonds. The zero-order valence-electron chi connectivity index (χ0n) is 26.9. The van der Waals surface area contributed by atoms with Crippen LogP contribution in [0.2, 0.25) is 0 Å². The summed E-state index contributed by atoms with van der Waals surface area (Å²) < 4.78 is 6.52. The Morgan fingerprint density at radius 2 is 1.85 bits per heavy atom. The van der Waals surface area contributed by atoms with Crippen LogP contribution in [-0.2, 0) is 4.79 Å². The standard InChI is InChI=1S/C37H57NO3/c1-7-11-34(38-26(8-2)9-3)25-12-10-13-28(22-25)41-21-20-37-19-16-29-30-15-14-27(39)23-33(30)35(4,5)24-31(29)32(37)17-18-36(37,6)40/h10,12-13,22,26,29,31-32,34,38,40H,7-9,11,14-21,23-24H2,1-6H3/t29?,31?,32?,34?,36-,37+/m0/s1. The smallest absolute Gasteiger partial charge is 0.137 e. The molecule has 0 heterocycles. The highest BCUT2D eigenvalue weighted by Gasteiger charge is 2.63. The normalized spacial score (nSPS) is 33.4. The molecule has 4 aliphatic rings. The van der Waals surface area contributed by atoms with Gasteiger partial charge in [-0.25, -0.2) is 0 Å². The van der Waals surface area contributed by atoms with Crippen LogP contribution in [0, 0.1) is 28.6 Å². The van der Waals surface area contributed by atoms with Crippen molar-refractivity contribution in [3.8, 4) is 5.75 Å². The van der Waals surface area contributed by atoms with Gasteiger partial charge in [-0.1, -0.05) is 64.3 Å². The van der Waals surface area contributed by atoms with Gasteiger partial charge in [0.05, 0.1) is 12.2 Å². The average Bonchev–Trinajstić information content (AvgIpc) is 3.21. The number of ether oxygens (including phenoxy) is 1. The lowest BCUT2D eigenvalue weighted by atomic mass is 9.48. The zero-order chi connectivity index (χ0) is 29.4. The largest absolute Gasteiger partial charge is 0.494 e. The number of hydrogen-bond donors (Lipinski definition) is 2. The third-order valence-corrected chi connectivity index (χ3v) is 12.2. The Hall–Kier alpha value is -1.65. The fraction of sp³-hybridized carbons (Fsp3) is 0.757. The second-order valence-electron chi connectivity index (χ2n) is 14.9. The average molecular weight is 564 g/mol. The highest BCUT2D eigenvalue weighted by atomic mass is 16.5. The Bertz CT molecular complexity index is 1110. The predicted octanol–water partition coefficient (Wildman–Crippen LogP) is 8.73. The zero-order valence-corrected chi connectivity index (χ0v) is 26.9. The predicted molar refractivity (Wildman–Crippen MR) is 168 cm³/mol. The van der Waals surface area contributed by atoms with E-state index in [-0.39, 0.29) is 10.8 Å². The highest BCUT2D eigenvalue weighted by Crippen LogP contribution is 2.67. The van der Waals surface area contributed by atoms with Crippen LogP contribution in [0.25, 0.3) is 0 Å². The summed E-state index contributed by atoms with van der Waals surface area (Å²) in [5.74, 6) is 3.12. The number of rotatable bonds is 11. The van der Waals surface area contributed by atoms with Gasteiger partial charge in [-0.2, -0.15) is 0 Å². The van der Waals surface area contributed by atoms with Crippen molar-refractivity contribution in [2.24, 2.45) is 28.6 Å². The summed E-state index contributed by atoms with van der Waals surface area (Å²) in [6.07, 6.45) is 13.2. The molecule has 6 atom stereocenters. The third-order valence-electron chi connectivity index (χ3n) is 12.2. The molecule has 1 aromatic carbocycles. The van der Waals surface area contributed by atoms with E-state index in [0.29, 0.717) is 48.6 Å². The molecule has 2 N–H and O–H groups in total.